The summed E-state index contributed by atoms with van der Waals surface area (Å²) in [6, 6.07) is 0. The summed E-state index contributed by atoms with van der Waals surface area (Å²) in [4.78, 5) is 3.22. The molecule has 13 heavy (non-hydrogen) atoms. The van der Waals surface area contributed by atoms with E-state index in [4.69, 9.17) is 9.11 Å². The minimum atomic E-state index is -4.70. The van der Waals surface area contributed by atoms with E-state index in [0.29, 0.717) is 0 Å². The highest BCUT2D eigenvalue weighted by Gasteiger charge is 2.34. The van der Waals surface area contributed by atoms with Crippen LogP contribution in [-0.2, 0) is 20.4 Å². The molecule has 0 saturated heterocycles. The van der Waals surface area contributed by atoms with Crippen molar-refractivity contribution in [3.8, 4) is 0 Å². The van der Waals surface area contributed by atoms with E-state index in [0.717, 1.165) is 0 Å². The molecule has 0 spiro atoms. The van der Waals surface area contributed by atoms with Gasteiger partial charge < -0.3 is 0 Å². The number of hydrogen-bond acceptors (Lipinski definition) is 5. The maximum absolute atomic E-state index is 10.5. The predicted octanol–water partition coefficient (Wildman–Crippen LogP) is -1.65. The minimum Gasteiger partial charge on any atom is -0.279 e. The van der Waals surface area contributed by atoms with Crippen molar-refractivity contribution >= 4 is 25.6 Å². The van der Waals surface area contributed by atoms with E-state index in [-0.39, 0.29) is 17.4 Å². The van der Waals surface area contributed by atoms with Crippen LogP contribution < -0.4 is 0 Å². The van der Waals surface area contributed by atoms with Crippen molar-refractivity contribution in [3.05, 3.63) is 0 Å². The Labute approximate surface area is 74.5 Å². The molecule has 2 N–H and O–H groups in total. The zero-order valence-electron chi connectivity index (χ0n) is 6.15. The van der Waals surface area contributed by atoms with Gasteiger partial charge in [0.25, 0.3) is 5.17 Å². The average molecular weight is 230 g/mol. The van der Waals surface area contributed by atoms with Gasteiger partial charge in [-0.2, -0.15) is 16.8 Å². The Bertz CT molecular complexity index is 432. The smallest absolute Gasteiger partial charge is 0.279 e. The van der Waals surface area contributed by atoms with Crippen LogP contribution in [0.15, 0.2) is 4.99 Å². The maximum atomic E-state index is 10.5. The monoisotopic (exact) mass is 230 g/mol. The SMILES string of the molecule is O=S(=O)(O)C1=NCCN1S(=O)(=O)O. The standard InChI is InChI=1S/C3H6N2O6S2/c6-12(7,8)3-4-1-2-5(3)13(9,10)11/h1-2H2,(H,6,7,8)(H,9,10,11). The lowest BCUT2D eigenvalue weighted by molar-refractivity contribution is 0.427. The van der Waals surface area contributed by atoms with Crippen molar-refractivity contribution in [3.63, 3.8) is 0 Å². The van der Waals surface area contributed by atoms with Gasteiger partial charge in [0, 0.05) is 0 Å². The number of aliphatic imine (C=N–C) groups is 1. The third-order valence-electron chi connectivity index (χ3n) is 1.27. The highest BCUT2D eigenvalue weighted by Crippen LogP contribution is 2.10. The highest BCUT2D eigenvalue weighted by atomic mass is 32.2. The Morgan fingerprint density at radius 1 is 1.23 bits per heavy atom. The van der Waals surface area contributed by atoms with Gasteiger partial charge >= 0.3 is 20.4 Å². The first-order chi connectivity index (χ1) is 5.73. The molecule has 0 aromatic rings. The number of amidine groups is 1. The summed E-state index contributed by atoms with van der Waals surface area (Å²) < 4.78 is 59.1. The van der Waals surface area contributed by atoms with Crippen LogP contribution in [0, 0.1) is 0 Å². The predicted molar refractivity (Wildman–Crippen MR) is 42.1 cm³/mol. The normalized spacial score (nSPS) is 18.9. The summed E-state index contributed by atoms with van der Waals surface area (Å²) in [7, 11) is -9.37. The lowest BCUT2D eigenvalue weighted by atomic mass is 10.7. The van der Waals surface area contributed by atoms with Gasteiger partial charge in [0.1, 0.15) is 0 Å². The second-order valence-corrected chi connectivity index (χ2v) is 4.84. The Morgan fingerprint density at radius 2 is 1.77 bits per heavy atom. The second-order valence-electron chi connectivity index (χ2n) is 2.19. The quantitative estimate of drug-likeness (QED) is 0.520. The van der Waals surface area contributed by atoms with Crippen molar-refractivity contribution in [2.75, 3.05) is 13.1 Å². The van der Waals surface area contributed by atoms with E-state index in [2.05, 4.69) is 4.99 Å². The molecule has 0 unspecified atom stereocenters. The summed E-state index contributed by atoms with van der Waals surface area (Å²) in [6.07, 6.45) is 0. The molecule has 0 atom stereocenters. The Hall–Kier alpha value is -0.710. The maximum Gasteiger partial charge on any atom is 0.361 e. The second kappa shape index (κ2) is 2.90. The third kappa shape index (κ3) is 2.15. The number of hydrogen-bond donors (Lipinski definition) is 2. The molecule has 1 rings (SSSR count). The zero-order chi connectivity index (χ0) is 10.3. The van der Waals surface area contributed by atoms with Gasteiger partial charge in [-0.05, 0) is 0 Å². The molecule has 1 aliphatic rings. The molecule has 0 fully saturated rings. The van der Waals surface area contributed by atoms with Crippen LogP contribution in [0.4, 0.5) is 0 Å². The van der Waals surface area contributed by atoms with Gasteiger partial charge in [0.05, 0.1) is 13.1 Å². The fourth-order valence-corrected chi connectivity index (χ4v) is 2.57. The first kappa shape index (κ1) is 10.4. The molecule has 0 bridgehead atoms. The van der Waals surface area contributed by atoms with Crippen LogP contribution >= 0.6 is 0 Å². The van der Waals surface area contributed by atoms with Crippen molar-refractivity contribution in [2.45, 2.75) is 0 Å². The summed E-state index contributed by atoms with van der Waals surface area (Å²) in [5.41, 5.74) is 0. The van der Waals surface area contributed by atoms with Gasteiger partial charge in [0.15, 0.2) is 0 Å². The van der Waals surface area contributed by atoms with Gasteiger partial charge in [-0.1, -0.05) is 0 Å². The third-order valence-corrected chi connectivity index (χ3v) is 3.11. The Kier molecular flexibility index (Phi) is 2.32. The van der Waals surface area contributed by atoms with E-state index in [1.165, 1.54) is 0 Å². The van der Waals surface area contributed by atoms with Crippen LogP contribution in [0.2, 0.25) is 0 Å². The lowest BCUT2D eigenvalue weighted by Gasteiger charge is -2.12. The number of nitrogens with zero attached hydrogens (tertiary/aromatic N) is 2. The van der Waals surface area contributed by atoms with Gasteiger partial charge in [-0.25, -0.2) is 4.31 Å². The number of rotatable bonds is 1. The van der Waals surface area contributed by atoms with E-state index in [1.54, 1.807) is 0 Å². The summed E-state index contributed by atoms with van der Waals surface area (Å²) in [5.74, 6) is 0. The summed E-state index contributed by atoms with van der Waals surface area (Å²) in [5, 5.41) is -1.05. The van der Waals surface area contributed by atoms with Crippen LogP contribution in [0.5, 0.6) is 0 Å². The van der Waals surface area contributed by atoms with E-state index < -0.39 is 25.6 Å². The summed E-state index contributed by atoms with van der Waals surface area (Å²) in [6.45, 7) is -0.414. The molecule has 76 valence electrons. The highest BCUT2D eigenvalue weighted by molar-refractivity contribution is 8.02. The fourth-order valence-electron chi connectivity index (χ4n) is 0.835. The van der Waals surface area contributed by atoms with Crippen LogP contribution in [0.1, 0.15) is 0 Å². The van der Waals surface area contributed by atoms with Crippen LogP contribution in [0.3, 0.4) is 0 Å². The van der Waals surface area contributed by atoms with Gasteiger partial charge in [-0.3, -0.25) is 14.1 Å². The van der Waals surface area contributed by atoms with Crippen molar-refractivity contribution < 1.29 is 25.9 Å². The molecule has 0 aromatic heterocycles. The first-order valence-electron chi connectivity index (χ1n) is 3.00. The van der Waals surface area contributed by atoms with Gasteiger partial charge in [0.2, 0.25) is 0 Å². The van der Waals surface area contributed by atoms with Crippen molar-refractivity contribution in [1.29, 1.82) is 0 Å². The van der Waals surface area contributed by atoms with Crippen LogP contribution in [0.25, 0.3) is 0 Å². The molecule has 1 aliphatic heterocycles. The van der Waals surface area contributed by atoms with Crippen molar-refractivity contribution in [1.82, 2.24) is 4.31 Å². The molecule has 0 aliphatic carbocycles. The summed E-state index contributed by atoms with van der Waals surface area (Å²) >= 11 is 0. The molecular weight excluding hydrogens is 224 g/mol. The molecule has 0 saturated carbocycles. The topological polar surface area (TPSA) is 124 Å². The molecular formula is C3H6N2O6S2. The Morgan fingerprint density at radius 3 is 2.08 bits per heavy atom. The molecule has 8 nitrogen and oxygen atoms in total. The van der Waals surface area contributed by atoms with Crippen molar-refractivity contribution in [2.24, 2.45) is 4.99 Å². The van der Waals surface area contributed by atoms with Crippen LogP contribution in [-0.4, -0.2) is 48.5 Å². The van der Waals surface area contributed by atoms with E-state index in [9.17, 15) is 16.8 Å². The Balaban J connectivity index is 3.16. The largest absolute Gasteiger partial charge is 0.361 e. The first-order valence-corrected chi connectivity index (χ1v) is 5.84. The average Bonchev–Trinajstić information content (AvgIpc) is 2.27. The molecule has 0 aromatic carbocycles. The lowest BCUT2D eigenvalue weighted by Crippen LogP contribution is -2.37. The molecule has 1 heterocycles. The fraction of sp³-hybridized carbons (Fsp3) is 0.667. The van der Waals surface area contributed by atoms with E-state index >= 15 is 0 Å². The molecule has 0 amide bonds. The minimum absolute atomic E-state index is 0.113. The van der Waals surface area contributed by atoms with Gasteiger partial charge in [-0.15, -0.1) is 0 Å². The molecule has 0 radical (unpaired) electrons. The molecule has 10 heteroatoms. The van der Waals surface area contributed by atoms with E-state index in [1.807, 2.05) is 0 Å². The zero-order valence-corrected chi connectivity index (χ0v) is 7.79.